The third kappa shape index (κ3) is 2.74. The summed E-state index contributed by atoms with van der Waals surface area (Å²) in [6.07, 6.45) is 2.25. The lowest BCUT2D eigenvalue weighted by Crippen LogP contribution is -2.08. The number of aromatic nitrogens is 3. The summed E-state index contributed by atoms with van der Waals surface area (Å²) in [4.78, 5) is 16.4. The van der Waals surface area contributed by atoms with E-state index in [1.807, 2.05) is 32.0 Å². The molecule has 0 aliphatic carbocycles. The van der Waals surface area contributed by atoms with Crippen LogP contribution in [0.3, 0.4) is 0 Å². The predicted molar refractivity (Wildman–Crippen MR) is 90.7 cm³/mol. The van der Waals surface area contributed by atoms with Crippen LogP contribution in [0.5, 0.6) is 0 Å². The molecule has 0 aliphatic heterocycles. The molecule has 23 heavy (non-hydrogen) atoms. The van der Waals surface area contributed by atoms with Gasteiger partial charge in [-0.25, -0.2) is 14.3 Å². The number of halogens is 1. The summed E-state index contributed by atoms with van der Waals surface area (Å²) in [5, 5.41) is 4.29. The molecule has 0 amide bonds. The van der Waals surface area contributed by atoms with Gasteiger partial charge in [0.15, 0.2) is 5.65 Å². The van der Waals surface area contributed by atoms with Crippen LogP contribution in [-0.2, 0) is 11.2 Å². The minimum Gasteiger partial charge on any atom is -0.465 e. The summed E-state index contributed by atoms with van der Waals surface area (Å²) in [7, 11) is 1.35. The first kappa shape index (κ1) is 15.7. The van der Waals surface area contributed by atoms with E-state index in [0.29, 0.717) is 11.2 Å². The van der Waals surface area contributed by atoms with Gasteiger partial charge in [-0.05, 0) is 31.0 Å². The van der Waals surface area contributed by atoms with Gasteiger partial charge in [0.1, 0.15) is 5.56 Å². The van der Waals surface area contributed by atoms with Crippen molar-refractivity contribution in [2.45, 2.75) is 20.3 Å². The summed E-state index contributed by atoms with van der Waals surface area (Å²) in [6.45, 7) is 3.94. The fourth-order valence-electron chi connectivity index (χ4n) is 2.65. The van der Waals surface area contributed by atoms with Gasteiger partial charge in [0.05, 0.1) is 13.3 Å². The molecule has 0 fully saturated rings. The molecular formula is C17H16BrN3O2. The molecule has 0 bridgehead atoms. The number of fused-ring (bicyclic) bond motifs is 1. The smallest absolute Gasteiger partial charge is 0.343 e. The zero-order chi connectivity index (χ0) is 16.6. The minimum absolute atomic E-state index is 0.381. The fraction of sp³-hybridized carbons (Fsp3) is 0.235. The quantitative estimate of drug-likeness (QED) is 0.659. The van der Waals surface area contributed by atoms with E-state index in [2.05, 4.69) is 32.1 Å². The van der Waals surface area contributed by atoms with Gasteiger partial charge in [-0.3, -0.25) is 0 Å². The Balaban J connectivity index is 2.13. The van der Waals surface area contributed by atoms with Crippen LogP contribution in [0.4, 0.5) is 0 Å². The Morgan fingerprint density at radius 1 is 1.30 bits per heavy atom. The molecule has 0 atom stereocenters. The predicted octanol–water partition coefficient (Wildman–Crippen LogP) is 3.49. The average molecular weight is 374 g/mol. The van der Waals surface area contributed by atoms with E-state index in [1.54, 1.807) is 4.52 Å². The van der Waals surface area contributed by atoms with E-state index < -0.39 is 5.97 Å². The highest BCUT2D eigenvalue weighted by atomic mass is 79.9. The van der Waals surface area contributed by atoms with E-state index in [0.717, 1.165) is 27.8 Å². The Morgan fingerprint density at radius 3 is 2.74 bits per heavy atom. The van der Waals surface area contributed by atoms with Crippen molar-refractivity contribution < 1.29 is 9.53 Å². The highest BCUT2D eigenvalue weighted by Crippen LogP contribution is 2.24. The van der Waals surface area contributed by atoms with Crippen LogP contribution in [-0.4, -0.2) is 27.7 Å². The minimum atomic E-state index is -0.426. The molecular weight excluding hydrogens is 358 g/mol. The summed E-state index contributed by atoms with van der Waals surface area (Å²) >= 11 is 3.58. The van der Waals surface area contributed by atoms with Crippen LogP contribution in [0.25, 0.3) is 5.65 Å². The zero-order valence-electron chi connectivity index (χ0n) is 13.1. The third-order valence-electron chi connectivity index (χ3n) is 3.94. The Hall–Kier alpha value is -2.21. The molecule has 6 heteroatoms. The van der Waals surface area contributed by atoms with Crippen LogP contribution < -0.4 is 0 Å². The first-order valence-corrected chi connectivity index (χ1v) is 7.97. The number of hydrogen-bond acceptors (Lipinski definition) is 4. The highest BCUT2D eigenvalue weighted by Gasteiger charge is 2.19. The monoisotopic (exact) mass is 373 g/mol. The van der Waals surface area contributed by atoms with Gasteiger partial charge in [-0.15, -0.1) is 0 Å². The van der Waals surface area contributed by atoms with Gasteiger partial charge in [-0.1, -0.05) is 34.1 Å². The van der Waals surface area contributed by atoms with Gasteiger partial charge in [0.25, 0.3) is 0 Å². The van der Waals surface area contributed by atoms with Crippen LogP contribution in [0.1, 0.15) is 32.9 Å². The molecule has 3 aromatic rings. The lowest BCUT2D eigenvalue weighted by atomic mass is 10.0. The lowest BCUT2D eigenvalue weighted by molar-refractivity contribution is 0.0602. The Morgan fingerprint density at radius 2 is 2.04 bits per heavy atom. The summed E-state index contributed by atoms with van der Waals surface area (Å²) in [6, 6.07) is 8.11. The van der Waals surface area contributed by atoms with E-state index >= 15 is 0 Å². The Bertz CT molecular complexity index is 902. The lowest BCUT2D eigenvalue weighted by Gasteiger charge is -2.12. The molecule has 2 aromatic heterocycles. The molecule has 118 valence electrons. The number of carbonyl (C=O) groups is 1. The molecule has 0 unspecified atom stereocenters. The van der Waals surface area contributed by atoms with Crippen LogP contribution in [0.2, 0.25) is 0 Å². The SMILES string of the molecule is COC(=O)c1cnn2c(C)c(Cc3ccccc3Br)c(C)nc12. The number of hydrogen-bond donors (Lipinski definition) is 0. The third-order valence-corrected chi connectivity index (χ3v) is 4.71. The zero-order valence-corrected chi connectivity index (χ0v) is 14.7. The standard InChI is InChI=1S/C17H16BrN3O2/c1-10-13(8-12-6-4-5-7-15(12)18)11(2)21-16(20-10)14(9-19-21)17(22)23-3/h4-7,9H,8H2,1-3H3. The molecule has 0 saturated carbocycles. The number of methoxy groups -OCH3 is 1. The van der Waals surface area contributed by atoms with E-state index in [9.17, 15) is 4.79 Å². The second kappa shape index (κ2) is 6.12. The number of aryl methyl sites for hydroxylation is 2. The van der Waals surface area contributed by atoms with Crippen molar-refractivity contribution in [1.29, 1.82) is 0 Å². The second-order valence-corrected chi connectivity index (χ2v) is 6.17. The largest absolute Gasteiger partial charge is 0.465 e. The van der Waals surface area contributed by atoms with Gasteiger partial charge in [0, 0.05) is 22.3 Å². The average Bonchev–Trinajstić information content (AvgIpc) is 2.96. The van der Waals surface area contributed by atoms with Gasteiger partial charge in [-0.2, -0.15) is 5.10 Å². The number of carbonyl (C=O) groups excluding carboxylic acids is 1. The fourth-order valence-corrected chi connectivity index (χ4v) is 3.08. The number of ether oxygens (including phenoxy) is 1. The van der Waals surface area contributed by atoms with Crippen LogP contribution >= 0.6 is 15.9 Å². The van der Waals surface area contributed by atoms with Gasteiger partial charge >= 0.3 is 5.97 Å². The Labute approximate surface area is 142 Å². The second-order valence-electron chi connectivity index (χ2n) is 5.31. The first-order chi connectivity index (χ1) is 11.0. The van der Waals surface area contributed by atoms with Crippen molar-refractivity contribution in [3.8, 4) is 0 Å². The molecule has 0 N–H and O–H groups in total. The van der Waals surface area contributed by atoms with Crippen LogP contribution in [0.15, 0.2) is 34.9 Å². The van der Waals surface area contributed by atoms with E-state index in [4.69, 9.17) is 4.74 Å². The van der Waals surface area contributed by atoms with Crippen molar-refractivity contribution in [2.24, 2.45) is 0 Å². The topological polar surface area (TPSA) is 56.5 Å². The maximum Gasteiger partial charge on any atom is 0.343 e. The van der Waals surface area contributed by atoms with Crippen LogP contribution in [0, 0.1) is 13.8 Å². The highest BCUT2D eigenvalue weighted by molar-refractivity contribution is 9.10. The summed E-state index contributed by atoms with van der Waals surface area (Å²) < 4.78 is 7.55. The summed E-state index contributed by atoms with van der Waals surface area (Å²) in [5.41, 5.74) is 5.05. The molecule has 3 rings (SSSR count). The van der Waals surface area contributed by atoms with Gasteiger partial charge in [0.2, 0.25) is 0 Å². The maximum atomic E-state index is 11.8. The van der Waals surface area contributed by atoms with Crippen molar-refractivity contribution in [3.05, 3.63) is 63.0 Å². The molecule has 1 aromatic carbocycles. The van der Waals surface area contributed by atoms with Crippen molar-refractivity contribution in [1.82, 2.24) is 14.6 Å². The molecule has 5 nitrogen and oxygen atoms in total. The number of nitrogens with zero attached hydrogens (tertiary/aromatic N) is 3. The normalized spacial score (nSPS) is 11.0. The Kier molecular flexibility index (Phi) is 4.17. The van der Waals surface area contributed by atoms with Crippen molar-refractivity contribution in [2.75, 3.05) is 7.11 Å². The molecule has 0 spiro atoms. The number of rotatable bonds is 3. The number of benzene rings is 1. The van der Waals surface area contributed by atoms with Gasteiger partial charge < -0.3 is 4.74 Å². The first-order valence-electron chi connectivity index (χ1n) is 7.18. The van der Waals surface area contributed by atoms with Crippen molar-refractivity contribution >= 4 is 27.5 Å². The summed E-state index contributed by atoms with van der Waals surface area (Å²) in [5.74, 6) is -0.426. The molecule has 2 heterocycles. The van der Waals surface area contributed by atoms with E-state index in [-0.39, 0.29) is 0 Å². The molecule has 0 aliphatic rings. The van der Waals surface area contributed by atoms with Crippen molar-refractivity contribution in [3.63, 3.8) is 0 Å². The maximum absolute atomic E-state index is 11.8. The van der Waals surface area contributed by atoms with E-state index in [1.165, 1.54) is 18.9 Å². The molecule has 0 saturated heterocycles. The molecule has 0 radical (unpaired) electrons. The number of esters is 1.